The van der Waals surface area contributed by atoms with Crippen LogP contribution in [0.5, 0.6) is 0 Å². The third-order valence-electron chi connectivity index (χ3n) is 4.56. The molecule has 1 spiro atoms. The summed E-state index contributed by atoms with van der Waals surface area (Å²) in [5.41, 5.74) is -0.367. The van der Waals surface area contributed by atoms with Gasteiger partial charge in [-0.2, -0.15) is 5.10 Å². The second kappa shape index (κ2) is 5.73. The zero-order chi connectivity index (χ0) is 17.6. The van der Waals surface area contributed by atoms with E-state index < -0.39 is 17.5 Å². The standard InChI is InChI=1S/C16H14ClFN4O3/c17-10-2-3-11-12(13(10)18)16(25-15(24)21-11)4-1-5-22(8-16)14(23)9-6-19-20-7-9/h2-3,6-7H,1,4-5,8H2,(H,19,20)(H,21,24)/t16-/m0/s1. The Morgan fingerprint density at radius 1 is 1.44 bits per heavy atom. The van der Waals surface area contributed by atoms with E-state index >= 15 is 0 Å². The van der Waals surface area contributed by atoms with Gasteiger partial charge in [0.2, 0.25) is 0 Å². The molecule has 130 valence electrons. The fourth-order valence-corrected chi connectivity index (χ4v) is 3.65. The first kappa shape index (κ1) is 15.9. The van der Waals surface area contributed by atoms with Crippen molar-refractivity contribution in [2.45, 2.75) is 18.4 Å². The molecule has 1 aromatic heterocycles. The lowest BCUT2D eigenvalue weighted by atomic mass is 9.83. The number of rotatable bonds is 1. The highest BCUT2D eigenvalue weighted by atomic mass is 35.5. The fourth-order valence-electron chi connectivity index (χ4n) is 3.50. The van der Waals surface area contributed by atoms with Gasteiger partial charge in [-0.25, -0.2) is 9.18 Å². The zero-order valence-electron chi connectivity index (χ0n) is 13.0. The van der Waals surface area contributed by atoms with E-state index in [1.54, 1.807) is 6.07 Å². The number of likely N-dealkylation sites (tertiary alicyclic amines) is 1. The molecule has 1 saturated heterocycles. The second-order valence-electron chi connectivity index (χ2n) is 6.11. The summed E-state index contributed by atoms with van der Waals surface area (Å²) in [4.78, 5) is 26.2. The lowest BCUT2D eigenvalue weighted by Gasteiger charge is -2.45. The maximum Gasteiger partial charge on any atom is 0.412 e. The summed E-state index contributed by atoms with van der Waals surface area (Å²) in [6, 6.07) is 2.92. The number of anilines is 1. The highest BCUT2D eigenvalue weighted by Crippen LogP contribution is 2.45. The first-order chi connectivity index (χ1) is 12.0. The van der Waals surface area contributed by atoms with Crippen LogP contribution in [-0.2, 0) is 10.3 Å². The molecule has 3 heterocycles. The normalized spacial score (nSPS) is 22.3. The van der Waals surface area contributed by atoms with Crippen molar-refractivity contribution in [3.63, 3.8) is 0 Å². The van der Waals surface area contributed by atoms with Crippen molar-refractivity contribution in [1.82, 2.24) is 15.1 Å². The summed E-state index contributed by atoms with van der Waals surface area (Å²) in [5.74, 6) is -0.900. The monoisotopic (exact) mass is 364 g/mol. The Bertz CT molecular complexity index is 857. The van der Waals surface area contributed by atoms with E-state index in [-0.39, 0.29) is 23.0 Å². The molecule has 9 heteroatoms. The number of amides is 2. The number of fused-ring (bicyclic) bond motifs is 2. The van der Waals surface area contributed by atoms with Crippen LogP contribution >= 0.6 is 11.6 Å². The Morgan fingerprint density at radius 2 is 2.28 bits per heavy atom. The summed E-state index contributed by atoms with van der Waals surface area (Å²) in [7, 11) is 0. The van der Waals surface area contributed by atoms with Crippen molar-refractivity contribution in [3.05, 3.63) is 46.5 Å². The number of piperidine rings is 1. The maximum atomic E-state index is 14.8. The van der Waals surface area contributed by atoms with Crippen molar-refractivity contribution < 1.29 is 18.7 Å². The van der Waals surface area contributed by atoms with Gasteiger partial charge in [0.05, 0.1) is 34.6 Å². The number of benzene rings is 1. The molecule has 1 aromatic carbocycles. The molecule has 2 aliphatic heterocycles. The zero-order valence-corrected chi connectivity index (χ0v) is 13.8. The van der Waals surface area contributed by atoms with Crippen molar-refractivity contribution in [2.24, 2.45) is 0 Å². The van der Waals surface area contributed by atoms with Gasteiger partial charge < -0.3 is 9.64 Å². The molecule has 2 N–H and O–H groups in total. The van der Waals surface area contributed by atoms with Crippen molar-refractivity contribution in [1.29, 1.82) is 0 Å². The van der Waals surface area contributed by atoms with Crippen LogP contribution in [0.3, 0.4) is 0 Å². The van der Waals surface area contributed by atoms with Crippen molar-refractivity contribution in [2.75, 3.05) is 18.4 Å². The van der Waals surface area contributed by atoms with Crippen LogP contribution in [0, 0.1) is 5.82 Å². The summed E-state index contributed by atoms with van der Waals surface area (Å²) in [6.07, 6.45) is 3.20. The molecule has 0 aliphatic carbocycles. The number of hydrogen-bond acceptors (Lipinski definition) is 4. The summed E-state index contributed by atoms with van der Waals surface area (Å²) in [6.45, 7) is 0.531. The van der Waals surface area contributed by atoms with E-state index in [4.69, 9.17) is 16.3 Å². The lowest BCUT2D eigenvalue weighted by molar-refractivity contribution is -0.0418. The van der Waals surface area contributed by atoms with Crippen LogP contribution in [0.25, 0.3) is 0 Å². The molecule has 2 aromatic rings. The summed E-state index contributed by atoms with van der Waals surface area (Å²) < 4.78 is 20.3. The summed E-state index contributed by atoms with van der Waals surface area (Å²) >= 11 is 5.93. The first-order valence-electron chi connectivity index (χ1n) is 7.77. The summed E-state index contributed by atoms with van der Waals surface area (Å²) in [5, 5.41) is 8.79. The molecule has 0 radical (unpaired) electrons. The number of aromatic amines is 1. The number of hydrogen-bond donors (Lipinski definition) is 2. The minimum absolute atomic E-state index is 0.0503. The van der Waals surface area contributed by atoms with Crippen LogP contribution in [0.4, 0.5) is 14.9 Å². The molecule has 0 unspecified atom stereocenters. The van der Waals surface area contributed by atoms with Crippen LogP contribution in [-0.4, -0.2) is 40.2 Å². The van der Waals surface area contributed by atoms with Crippen molar-refractivity contribution in [3.8, 4) is 0 Å². The molecule has 1 atom stereocenters. The first-order valence-corrected chi connectivity index (χ1v) is 8.14. The Morgan fingerprint density at radius 3 is 3.04 bits per heavy atom. The van der Waals surface area contributed by atoms with Gasteiger partial charge in [0.25, 0.3) is 5.91 Å². The number of nitrogens with one attached hydrogen (secondary N) is 2. The number of ether oxygens (including phenoxy) is 1. The predicted octanol–water partition coefficient (Wildman–Crippen LogP) is 2.90. The van der Waals surface area contributed by atoms with Crippen LogP contribution in [0.2, 0.25) is 5.02 Å². The van der Waals surface area contributed by atoms with E-state index in [0.29, 0.717) is 30.6 Å². The third-order valence-corrected chi connectivity index (χ3v) is 4.85. The topological polar surface area (TPSA) is 87.3 Å². The van der Waals surface area contributed by atoms with Crippen LogP contribution in [0.1, 0.15) is 28.8 Å². The van der Waals surface area contributed by atoms with E-state index in [9.17, 15) is 14.0 Å². The number of halogens is 2. The van der Waals surface area contributed by atoms with Gasteiger partial charge in [0.1, 0.15) is 0 Å². The molecule has 2 aliphatic rings. The number of aromatic nitrogens is 2. The Kier molecular flexibility index (Phi) is 3.64. The fraction of sp³-hybridized carbons (Fsp3) is 0.312. The van der Waals surface area contributed by atoms with Gasteiger partial charge in [-0.1, -0.05) is 11.6 Å². The average Bonchev–Trinajstić information content (AvgIpc) is 3.11. The van der Waals surface area contributed by atoms with E-state index in [0.717, 1.165) is 0 Å². The van der Waals surface area contributed by atoms with E-state index in [1.807, 2.05) is 0 Å². The van der Waals surface area contributed by atoms with Gasteiger partial charge in [-0.15, -0.1) is 0 Å². The minimum Gasteiger partial charge on any atom is -0.436 e. The molecule has 0 saturated carbocycles. The average molecular weight is 365 g/mol. The third kappa shape index (κ3) is 2.53. The van der Waals surface area contributed by atoms with Crippen molar-refractivity contribution >= 4 is 29.3 Å². The Balaban J connectivity index is 1.76. The highest BCUT2D eigenvalue weighted by Gasteiger charge is 2.48. The maximum absolute atomic E-state index is 14.8. The lowest BCUT2D eigenvalue weighted by Crippen LogP contribution is -2.53. The molecular formula is C16H14ClFN4O3. The molecule has 2 amide bonds. The Labute approximate surface area is 147 Å². The number of carbonyl (C=O) groups is 2. The number of nitrogens with zero attached hydrogens (tertiary/aromatic N) is 2. The predicted molar refractivity (Wildman–Crippen MR) is 86.9 cm³/mol. The van der Waals surface area contributed by atoms with Gasteiger partial charge in [0, 0.05) is 12.7 Å². The number of H-pyrrole nitrogens is 1. The second-order valence-corrected chi connectivity index (χ2v) is 6.52. The molecule has 0 bridgehead atoms. The van der Waals surface area contributed by atoms with Gasteiger partial charge in [-0.3, -0.25) is 15.2 Å². The van der Waals surface area contributed by atoms with Gasteiger partial charge in [-0.05, 0) is 25.0 Å². The molecular weight excluding hydrogens is 351 g/mol. The molecule has 25 heavy (non-hydrogen) atoms. The smallest absolute Gasteiger partial charge is 0.412 e. The molecule has 1 fully saturated rings. The van der Waals surface area contributed by atoms with Crippen LogP contribution < -0.4 is 5.32 Å². The Hall–Kier alpha value is -2.61. The van der Waals surface area contributed by atoms with Gasteiger partial charge in [0.15, 0.2) is 11.4 Å². The van der Waals surface area contributed by atoms with Crippen LogP contribution in [0.15, 0.2) is 24.5 Å². The van der Waals surface area contributed by atoms with Gasteiger partial charge >= 0.3 is 6.09 Å². The molecule has 7 nitrogen and oxygen atoms in total. The quantitative estimate of drug-likeness (QED) is 0.814. The highest BCUT2D eigenvalue weighted by molar-refractivity contribution is 6.31. The van der Waals surface area contributed by atoms with E-state index in [2.05, 4.69) is 15.5 Å². The largest absolute Gasteiger partial charge is 0.436 e. The number of carbonyl (C=O) groups excluding carboxylic acids is 2. The SMILES string of the molecule is O=C1Nc2ccc(Cl)c(F)c2[C@@]2(CCCN(C(=O)c3cn[nH]c3)C2)O1. The van der Waals surface area contributed by atoms with E-state index in [1.165, 1.54) is 23.4 Å². The minimum atomic E-state index is -1.26. The molecule has 4 rings (SSSR count).